The molecule has 0 aliphatic carbocycles. The number of aromatic amines is 3. The third-order valence-electron chi connectivity index (χ3n) is 4.57. The molecule has 0 atom stereocenters. The Hall–Kier alpha value is -4.07. The molecule has 6 rings (SSSR count). The third kappa shape index (κ3) is 2.20. The summed E-state index contributed by atoms with van der Waals surface area (Å²) >= 11 is 0. The standard InChI is InChI=1S/C19H12N8/c1-2-11-15(22-9-21-11)7-10(1)17-24-14-4-3-13(25-19(14)27-17)18-23-12-5-6-20-8-16(12)26-18/h1-9H,(H,21,22)(H,23,26)(H,24,25,27). The molecule has 128 valence electrons. The quantitative estimate of drug-likeness (QED) is 0.442. The zero-order valence-electron chi connectivity index (χ0n) is 13.9. The Morgan fingerprint density at radius 3 is 2.63 bits per heavy atom. The number of benzene rings is 1. The first-order valence-corrected chi connectivity index (χ1v) is 8.44. The SMILES string of the molecule is c1cc2[nH]c(-c3ccc4[nH]c(-c5ccc6[nH]cnc6c5)nc4n3)nc2cn1. The molecule has 0 saturated carbocycles. The van der Waals surface area contributed by atoms with Crippen LogP contribution in [0.5, 0.6) is 0 Å². The predicted molar refractivity (Wildman–Crippen MR) is 102 cm³/mol. The van der Waals surface area contributed by atoms with Crippen molar-refractivity contribution in [3.8, 4) is 22.9 Å². The lowest BCUT2D eigenvalue weighted by Gasteiger charge is -1.95. The zero-order chi connectivity index (χ0) is 17.8. The van der Waals surface area contributed by atoms with Gasteiger partial charge in [-0.15, -0.1) is 0 Å². The molecule has 0 unspecified atom stereocenters. The van der Waals surface area contributed by atoms with Crippen molar-refractivity contribution in [1.29, 1.82) is 0 Å². The van der Waals surface area contributed by atoms with Crippen LogP contribution in [-0.4, -0.2) is 39.9 Å². The molecule has 1 aromatic carbocycles. The number of nitrogens with one attached hydrogen (secondary N) is 3. The van der Waals surface area contributed by atoms with Gasteiger partial charge in [0.15, 0.2) is 11.5 Å². The second-order valence-electron chi connectivity index (χ2n) is 6.27. The highest BCUT2D eigenvalue weighted by Gasteiger charge is 2.11. The van der Waals surface area contributed by atoms with Crippen molar-refractivity contribution in [3.05, 3.63) is 55.1 Å². The summed E-state index contributed by atoms with van der Waals surface area (Å²) in [5.74, 6) is 1.45. The van der Waals surface area contributed by atoms with E-state index in [0.29, 0.717) is 11.5 Å². The summed E-state index contributed by atoms with van der Waals surface area (Å²) in [4.78, 5) is 32.0. The van der Waals surface area contributed by atoms with E-state index in [9.17, 15) is 0 Å². The highest BCUT2D eigenvalue weighted by atomic mass is 15.0. The van der Waals surface area contributed by atoms with Crippen molar-refractivity contribution >= 4 is 33.2 Å². The zero-order valence-corrected chi connectivity index (χ0v) is 13.9. The Morgan fingerprint density at radius 1 is 0.741 bits per heavy atom. The van der Waals surface area contributed by atoms with Crippen LogP contribution >= 0.6 is 0 Å². The van der Waals surface area contributed by atoms with Gasteiger partial charge in [0.05, 0.1) is 34.6 Å². The molecular weight excluding hydrogens is 340 g/mol. The largest absolute Gasteiger partial charge is 0.345 e. The number of rotatable bonds is 2. The number of fused-ring (bicyclic) bond motifs is 3. The summed E-state index contributed by atoms with van der Waals surface area (Å²) in [6.45, 7) is 0. The smallest absolute Gasteiger partial charge is 0.178 e. The van der Waals surface area contributed by atoms with Gasteiger partial charge in [0.25, 0.3) is 0 Å². The number of pyridine rings is 2. The maximum absolute atomic E-state index is 4.66. The van der Waals surface area contributed by atoms with E-state index in [1.165, 1.54) is 0 Å². The fraction of sp³-hybridized carbons (Fsp3) is 0. The lowest BCUT2D eigenvalue weighted by molar-refractivity contribution is 1.25. The second kappa shape index (κ2) is 5.21. The molecule has 0 aliphatic heterocycles. The van der Waals surface area contributed by atoms with E-state index in [1.54, 1.807) is 18.7 Å². The monoisotopic (exact) mass is 352 g/mol. The van der Waals surface area contributed by atoms with E-state index >= 15 is 0 Å². The normalized spacial score (nSPS) is 11.7. The van der Waals surface area contributed by atoms with Crippen LogP contribution in [0.4, 0.5) is 0 Å². The van der Waals surface area contributed by atoms with Gasteiger partial charge in [-0.25, -0.2) is 19.9 Å². The van der Waals surface area contributed by atoms with Crippen LogP contribution in [0.15, 0.2) is 55.1 Å². The maximum atomic E-state index is 4.66. The second-order valence-corrected chi connectivity index (χ2v) is 6.27. The first-order valence-electron chi connectivity index (χ1n) is 8.44. The summed E-state index contributed by atoms with van der Waals surface area (Å²) in [6.07, 6.45) is 5.15. The van der Waals surface area contributed by atoms with Crippen molar-refractivity contribution in [2.75, 3.05) is 0 Å². The van der Waals surface area contributed by atoms with Crippen LogP contribution < -0.4 is 0 Å². The van der Waals surface area contributed by atoms with Crippen molar-refractivity contribution in [2.45, 2.75) is 0 Å². The van der Waals surface area contributed by atoms with Crippen LogP contribution in [0, 0.1) is 0 Å². The number of H-pyrrole nitrogens is 3. The summed E-state index contributed by atoms with van der Waals surface area (Å²) in [7, 11) is 0. The summed E-state index contributed by atoms with van der Waals surface area (Å²) in [6, 6.07) is 11.8. The van der Waals surface area contributed by atoms with Crippen LogP contribution in [0.1, 0.15) is 0 Å². The Bertz CT molecular complexity index is 1410. The number of nitrogens with zero attached hydrogens (tertiary/aromatic N) is 5. The van der Waals surface area contributed by atoms with Crippen LogP contribution in [0.25, 0.3) is 56.1 Å². The van der Waals surface area contributed by atoms with Crippen molar-refractivity contribution in [1.82, 2.24) is 39.9 Å². The lowest BCUT2D eigenvalue weighted by atomic mass is 10.2. The highest BCUT2D eigenvalue weighted by molar-refractivity contribution is 5.84. The van der Waals surface area contributed by atoms with Crippen molar-refractivity contribution in [3.63, 3.8) is 0 Å². The molecule has 0 radical (unpaired) electrons. The van der Waals surface area contributed by atoms with E-state index < -0.39 is 0 Å². The van der Waals surface area contributed by atoms with Gasteiger partial charge >= 0.3 is 0 Å². The minimum Gasteiger partial charge on any atom is -0.345 e. The first kappa shape index (κ1) is 14.1. The number of hydrogen-bond acceptors (Lipinski definition) is 5. The minimum atomic E-state index is 0.642. The van der Waals surface area contributed by atoms with Gasteiger partial charge in [-0.3, -0.25) is 4.98 Å². The topological polar surface area (TPSA) is 112 Å². The molecule has 0 fully saturated rings. The van der Waals surface area contributed by atoms with Gasteiger partial charge in [-0.05, 0) is 36.4 Å². The average Bonchev–Trinajstić information content (AvgIpc) is 3.42. The molecular formula is C19H12N8. The Kier molecular flexibility index (Phi) is 2.73. The summed E-state index contributed by atoms with van der Waals surface area (Å²) < 4.78 is 0. The highest BCUT2D eigenvalue weighted by Crippen LogP contribution is 2.25. The molecule has 0 spiro atoms. The molecule has 27 heavy (non-hydrogen) atoms. The number of hydrogen-bond donors (Lipinski definition) is 3. The number of imidazole rings is 3. The van der Waals surface area contributed by atoms with Crippen LogP contribution in [-0.2, 0) is 0 Å². The summed E-state index contributed by atoms with van der Waals surface area (Å²) in [5, 5.41) is 0. The molecule has 0 bridgehead atoms. The average molecular weight is 352 g/mol. The Balaban J connectivity index is 1.46. The number of aromatic nitrogens is 8. The molecule has 8 heteroatoms. The molecule has 8 nitrogen and oxygen atoms in total. The van der Waals surface area contributed by atoms with E-state index in [-0.39, 0.29) is 0 Å². The molecule has 3 N–H and O–H groups in total. The van der Waals surface area contributed by atoms with Crippen LogP contribution in [0.3, 0.4) is 0 Å². The first-order chi connectivity index (χ1) is 13.3. The van der Waals surface area contributed by atoms with Crippen LogP contribution in [0.2, 0.25) is 0 Å². The van der Waals surface area contributed by atoms with Gasteiger partial charge < -0.3 is 15.0 Å². The van der Waals surface area contributed by atoms with E-state index in [4.69, 9.17) is 0 Å². The Labute approximate surface area is 151 Å². The van der Waals surface area contributed by atoms with Gasteiger partial charge in [0, 0.05) is 11.8 Å². The predicted octanol–water partition coefficient (Wildman–Crippen LogP) is 3.44. The lowest BCUT2D eigenvalue weighted by Crippen LogP contribution is -1.86. The van der Waals surface area contributed by atoms with Crippen molar-refractivity contribution in [2.24, 2.45) is 0 Å². The van der Waals surface area contributed by atoms with E-state index in [1.807, 2.05) is 36.4 Å². The van der Waals surface area contributed by atoms with Gasteiger partial charge in [0.2, 0.25) is 0 Å². The molecule has 5 heterocycles. The summed E-state index contributed by atoms with van der Waals surface area (Å²) in [5.41, 5.74) is 6.84. The van der Waals surface area contributed by atoms with Gasteiger partial charge in [0.1, 0.15) is 17.0 Å². The Morgan fingerprint density at radius 2 is 1.67 bits per heavy atom. The van der Waals surface area contributed by atoms with E-state index in [0.717, 1.165) is 44.7 Å². The van der Waals surface area contributed by atoms with Crippen molar-refractivity contribution < 1.29 is 0 Å². The molecule has 0 amide bonds. The fourth-order valence-corrected chi connectivity index (χ4v) is 3.22. The minimum absolute atomic E-state index is 0.642. The maximum Gasteiger partial charge on any atom is 0.178 e. The molecule has 0 saturated heterocycles. The van der Waals surface area contributed by atoms with Gasteiger partial charge in [-0.1, -0.05) is 0 Å². The third-order valence-corrected chi connectivity index (χ3v) is 4.57. The fourth-order valence-electron chi connectivity index (χ4n) is 3.22. The molecule has 6 aromatic rings. The molecule has 0 aliphatic rings. The molecule has 5 aromatic heterocycles. The van der Waals surface area contributed by atoms with Gasteiger partial charge in [-0.2, -0.15) is 0 Å². The van der Waals surface area contributed by atoms with E-state index in [2.05, 4.69) is 39.9 Å².